The van der Waals surface area contributed by atoms with Crippen molar-refractivity contribution in [1.82, 2.24) is 10.6 Å². The first-order valence-electron chi connectivity index (χ1n) is 8.35. The minimum atomic E-state index is -0.183. The lowest BCUT2D eigenvalue weighted by molar-refractivity contribution is 0.236. The van der Waals surface area contributed by atoms with Crippen LogP contribution >= 0.6 is 0 Å². The van der Waals surface area contributed by atoms with Crippen molar-refractivity contribution in [3.63, 3.8) is 0 Å². The summed E-state index contributed by atoms with van der Waals surface area (Å²) in [7, 11) is 0. The molecule has 0 radical (unpaired) electrons. The fourth-order valence-electron chi connectivity index (χ4n) is 2.48. The fourth-order valence-corrected chi connectivity index (χ4v) is 2.48. The van der Waals surface area contributed by atoms with E-state index in [4.69, 9.17) is 4.74 Å². The van der Waals surface area contributed by atoms with E-state index in [0.29, 0.717) is 25.6 Å². The molecule has 0 aromatic heterocycles. The predicted molar refractivity (Wildman–Crippen MR) is 97.4 cm³/mol. The van der Waals surface area contributed by atoms with Gasteiger partial charge >= 0.3 is 6.03 Å². The SMILES string of the molecule is Cc1cccc(CNC(=O)NCCOc2ccccc2C(C)C)c1. The number of hydrogen-bond donors (Lipinski definition) is 2. The number of nitrogens with one attached hydrogen (secondary N) is 2. The Morgan fingerprint density at radius 3 is 2.62 bits per heavy atom. The number of amides is 2. The molecule has 4 nitrogen and oxygen atoms in total. The number of carbonyl (C=O) groups excluding carboxylic acids is 1. The molecular formula is C20H26N2O2. The highest BCUT2D eigenvalue weighted by Gasteiger charge is 2.07. The van der Waals surface area contributed by atoms with Crippen molar-refractivity contribution >= 4 is 6.03 Å². The molecule has 0 spiro atoms. The van der Waals surface area contributed by atoms with Crippen LogP contribution in [0.3, 0.4) is 0 Å². The first kappa shape index (κ1) is 17.9. The van der Waals surface area contributed by atoms with E-state index in [2.05, 4.69) is 36.6 Å². The topological polar surface area (TPSA) is 50.4 Å². The maximum Gasteiger partial charge on any atom is 0.315 e. The van der Waals surface area contributed by atoms with Gasteiger partial charge in [-0.25, -0.2) is 4.79 Å². The summed E-state index contributed by atoms with van der Waals surface area (Å²) in [5.74, 6) is 1.29. The maximum absolute atomic E-state index is 11.8. The highest BCUT2D eigenvalue weighted by molar-refractivity contribution is 5.73. The molecule has 4 heteroatoms. The van der Waals surface area contributed by atoms with Crippen LogP contribution in [0.5, 0.6) is 5.75 Å². The Kier molecular flexibility index (Phi) is 6.67. The lowest BCUT2D eigenvalue weighted by Gasteiger charge is -2.14. The van der Waals surface area contributed by atoms with Crippen molar-refractivity contribution < 1.29 is 9.53 Å². The van der Waals surface area contributed by atoms with Gasteiger partial charge in [-0.3, -0.25) is 0 Å². The zero-order valence-electron chi connectivity index (χ0n) is 14.6. The van der Waals surface area contributed by atoms with Gasteiger partial charge in [-0.2, -0.15) is 0 Å². The zero-order valence-corrected chi connectivity index (χ0v) is 14.6. The van der Waals surface area contributed by atoms with E-state index in [0.717, 1.165) is 11.3 Å². The Labute approximate surface area is 144 Å². The first-order valence-corrected chi connectivity index (χ1v) is 8.35. The van der Waals surface area contributed by atoms with E-state index in [1.807, 2.05) is 43.3 Å². The predicted octanol–water partition coefficient (Wildman–Crippen LogP) is 4.00. The Balaban J connectivity index is 1.70. The maximum atomic E-state index is 11.8. The summed E-state index contributed by atoms with van der Waals surface area (Å²) >= 11 is 0. The van der Waals surface area contributed by atoms with E-state index in [9.17, 15) is 4.79 Å². The molecule has 0 aliphatic rings. The van der Waals surface area contributed by atoms with Crippen LogP contribution < -0.4 is 15.4 Å². The molecule has 0 saturated carbocycles. The van der Waals surface area contributed by atoms with Crippen LogP contribution in [-0.2, 0) is 6.54 Å². The van der Waals surface area contributed by atoms with Gasteiger partial charge in [0.2, 0.25) is 0 Å². The molecule has 0 bridgehead atoms. The summed E-state index contributed by atoms with van der Waals surface area (Å²) in [5, 5.41) is 5.66. The van der Waals surface area contributed by atoms with Gasteiger partial charge in [0.05, 0.1) is 6.54 Å². The lowest BCUT2D eigenvalue weighted by Crippen LogP contribution is -2.37. The van der Waals surface area contributed by atoms with E-state index in [1.54, 1.807) is 0 Å². The second-order valence-electron chi connectivity index (χ2n) is 6.14. The smallest absolute Gasteiger partial charge is 0.315 e. The summed E-state index contributed by atoms with van der Waals surface area (Å²) in [5.41, 5.74) is 3.46. The Morgan fingerprint density at radius 1 is 1.08 bits per heavy atom. The third kappa shape index (κ3) is 5.61. The van der Waals surface area contributed by atoms with Crippen molar-refractivity contribution in [2.75, 3.05) is 13.2 Å². The second-order valence-corrected chi connectivity index (χ2v) is 6.14. The van der Waals surface area contributed by atoms with E-state index >= 15 is 0 Å². The number of carbonyl (C=O) groups is 1. The summed E-state index contributed by atoms with van der Waals surface area (Å²) in [6.07, 6.45) is 0. The molecule has 2 rings (SSSR count). The van der Waals surface area contributed by atoms with E-state index in [1.165, 1.54) is 11.1 Å². The van der Waals surface area contributed by atoms with E-state index in [-0.39, 0.29) is 6.03 Å². The average Bonchev–Trinajstić information content (AvgIpc) is 2.57. The molecule has 0 heterocycles. The molecule has 24 heavy (non-hydrogen) atoms. The van der Waals surface area contributed by atoms with E-state index < -0.39 is 0 Å². The van der Waals surface area contributed by atoms with Gasteiger partial charge in [-0.1, -0.05) is 61.9 Å². The fraction of sp³-hybridized carbons (Fsp3) is 0.350. The van der Waals surface area contributed by atoms with Crippen LogP contribution in [0.1, 0.15) is 36.5 Å². The van der Waals surface area contributed by atoms with Crippen LogP contribution in [0.2, 0.25) is 0 Å². The van der Waals surface area contributed by atoms with Crippen LogP contribution in [0.4, 0.5) is 4.79 Å². The lowest BCUT2D eigenvalue weighted by atomic mass is 10.0. The van der Waals surface area contributed by atoms with Gasteiger partial charge in [0.1, 0.15) is 12.4 Å². The summed E-state index contributed by atoms with van der Waals surface area (Å²) in [6.45, 7) is 7.74. The molecule has 0 aliphatic carbocycles. The monoisotopic (exact) mass is 326 g/mol. The highest BCUT2D eigenvalue weighted by Crippen LogP contribution is 2.25. The summed E-state index contributed by atoms with van der Waals surface area (Å²) in [6, 6.07) is 15.9. The number of ether oxygens (including phenoxy) is 1. The molecule has 2 aromatic rings. The van der Waals surface area contributed by atoms with Crippen molar-refractivity contribution in [2.45, 2.75) is 33.2 Å². The summed E-state index contributed by atoms with van der Waals surface area (Å²) < 4.78 is 5.78. The Hall–Kier alpha value is -2.49. The van der Waals surface area contributed by atoms with Gasteiger partial charge < -0.3 is 15.4 Å². The van der Waals surface area contributed by atoms with Crippen molar-refractivity contribution in [2.24, 2.45) is 0 Å². The van der Waals surface area contributed by atoms with Gasteiger partial charge in [-0.05, 0) is 30.0 Å². The van der Waals surface area contributed by atoms with Crippen LogP contribution in [0.15, 0.2) is 48.5 Å². The minimum absolute atomic E-state index is 0.183. The molecule has 0 saturated heterocycles. The molecule has 0 aliphatic heterocycles. The van der Waals surface area contributed by atoms with Gasteiger partial charge in [0.15, 0.2) is 0 Å². The quantitative estimate of drug-likeness (QED) is 0.756. The molecule has 128 valence electrons. The number of para-hydroxylation sites is 1. The van der Waals surface area contributed by atoms with Crippen molar-refractivity contribution in [3.05, 3.63) is 65.2 Å². The van der Waals surface area contributed by atoms with Crippen molar-refractivity contribution in [3.8, 4) is 5.75 Å². The summed E-state index contributed by atoms with van der Waals surface area (Å²) in [4.78, 5) is 11.8. The molecule has 2 aromatic carbocycles. The zero-order chi connectivity index (χ0) is 17.4. The first-order chi connectivity index (χ1) is 11.6. The largest absolute Gasteiger partial charge is 0.491 e. The van der Waals surface area contributed by atoms with Crippen LogP contribution in [-0.4, -0.2) is 19.2 Å². The average molecular weight is 326 g/mol. The molecular weight excluding hydrogens is 300 g/mol. The van der Waals surface area contributed by atoms with Crippen molar-refractivity contribution in [1.29, 1.82) is 0 Å². The number of hydrogen-bond acceptors (Lipinski definition) is 2. The minimum Gasteiger partial charge on any atom is -0.491 e. The second kappa shape index (κ2) is 8.96. The Bertz CT molecular complexity index is 668. The number of urea groups is 1. The molecule has 2 amide bonds. The van der Waals surface area contributed by atoms with Crippen LogP contribution in [0.25, 0.3) is 0 Å². The Morgan fingerprint density at radius 2 is 1.88 bits per heavy atom. The molecule has 0 atom stereocenters. The standard InChI is InChI=1S/C20H26N2O2/c1-15(2)18-9-4-5-10-19(18)24-12-11-21-20(23)22-14-17-8-6-7-16(3)13-17/h4-10,13,15H,11-12,14H2,1-3H3,(H2,21,22,23). The molecule has 2 N–H and O–H groups in total. The number of rotatable bonds is 7. The number of benzene rings is 2. The van der Waals surface area contributed by atoms with Gasteiger partial charge in [0, 0.05) is 6.54 Å². The normalized spacial score (nSPS) is 10.5. The van der Waals surface area contributed by atoms with Gasteiger partial charge in [0.25, 0.3) is 0 Å². The highest BCUT2D eigenvalue weighted by atomic mass is 16.5. The molecule has 0 fully saturated rings. The van der Waals surface area contributed by atoms with Crippen LogP contribution in [0, 0.1) is 6.92 Å². The molecule has 0 unspecified atom stereocenters. The van der Waals surface area contributed by atoms with Gasteiger partial charge in [-0.15, -0.1) is 0 Å². The third-order valence-electron chi connectivity index (χ3n) is 3.72. The number of aryl methyl sites for hydroxylation is 1. The third-order valence-corrected chi connectivity index (χ3v) is 3.72.